The third-order valence-corrected chi connectivity index (χ3v) is 4.74. The number of hydrogen-bond donors (Lipinski definition) is 2. The Labute approximate surface area is 140 Å². The van der Waals surface area contributed by atoms with Crippen LogP contribution in [0, 0.1) is 11.8 Å². The zero-order valence-corrected chi connectivity index (χ0v) is 14.7. The Morgan fingerprint density at radius 1 is 1.09 bits per heavy atom. The van der Waals surface area contributed by atoms with E-state index in [4.69, 9.17) is 0 Å². The molecule has 1 fully saturated rings. The maximum atomic E-state index is 4.43. The molecule has 1 aromatic carbocycles. The summed E-state index contributed by atoms with van der Waals surface area (Å²) >= 11 is 0. The second-order valence-electron chi connectivity index (χ2n) is 7.54. The van der Waals surface area contributed by atoms with Crippen LogP contribution in [-0.4, -0.2) is 36.5 Å². The molecule has 0 aliphatic carbocycles. The molecule has 4 heteroatoms. The fraction of sp³-hybridized carbons (Fsp3) is 0.632. The topological polar surface area (TPSA) is 39.7 Å². The Hall–Kier alpha value is -1.55. The van der Waals surface area contributed by atoms with Gasteiger partial charge in [-0.25, -0.2) is 0 Å². The Kier molecular flexibility index (Phi) is 5.21. The summed E-state index contributed by atoms with van der Waals surface area (Å²) in [5.41, 5.74) is 2.72. The summed E-state index contributed by atoms with van der Waals surface area (Å²) in [5.74, 6) is 2.58. The molecule has 2 aliphatic rings. The summed E-state index contributed by atoms with van der Waals surface area (Å²) < 4.78 is 0. The number of benzene rings is 1. The number of guanidine groups is 1. The lowest BCUT2D eigenvalue weighted by Crippen LogP contribution is -2.38. The Morgan fingerprint density at radius 3 is 2.35 bits per heavy atom. The van der Waals surface area contributed by atoms with Crippen LogP contribution in [0.1, 0.15) is 38.3 Å². The van der Waals surface area contributed by atoms with Gasteiger partial charge in [-0.2, -0.15) is 0 Å². The van der Waals surface area contributed by atoms with Crippen molar-refractivity contribution in [2.75, 3.05) is 19.6 Å². The highest BCUT2D eigenvalue weighted by Gasteiger charge is 2.21. The average Bonchev–Trinajstić information content (AvgIpc) is 2.91. The second kappa shape index (κ2) is 7.35. The van der Waals surface area contributed by atoms with Gasteiger partial charge in [0.05, 0.1) is 6.54 Å². The highest BCUT2D eigenvalue weighted by atomic mass is 15.2. The Bertz CT molecular complexity index is 527. The van der Waals surface area contributed by atoms with Crippen molar-refractivity contribution in [1.82, 2.24) is 15.5 Å². The molecule has 2 heterocycles. The third-order valence-electron chi connectivity index (χ3n) is 4.74. The van der Waals surface area contributed by atoms with Crippen molar-refractivity contribution in [3.05, 3.63) is 35.4 Å². The van der Waals surface area contributed by atoms with Crippen molar-refractivity contribution >= 4 is 5.96 Å². The van der Waals surface area contributed by atoms with Gasteiger partial charge in [-0.05, 0) is 36.3 Å². The summed E-state index contributed by atoms with van der Waals surface area (Å²) in [6, 6.07) is 9.46. The molecule has 4 nitrogen and oxygen atoms in total. The number of rotatable bonds is 4. The first kappa shape index (κ1) is 16.3. The molecule has 0 radical (unpaired) electrons. The van der Waals surface area contributed by atoms with Gasteiger partial charge in [0.25, 0.3) is 0 Å². The van der Waals surface area contributed by atoms with Crippen LogP contribution in [-0.2, 0) is 13.1 Å². The van der Waals surface area contributed by atoms with Gasteiger partial charge in [0.2, 0.25) is 0 Å². The van der Waals surface area contributed by atoms with E-state index in [-0.39, 0.29) is 0 Å². The first-order valence-corrected chi connectivity index (χ1v) is 8.93. The van der Waals surface area contributed by atoms with Crippen LogP contribution < -0.4 is 10.6 Å². The lowest BCUT2D eigenvalue weighted by Gasteiger charge is -2.35. The summed E-state index contributed by atoms with van der Waals surface area (Å²) in [6.07, 6.45) is 1.37. The predicted molar refractivity (Wildman–Crippen MR) is 96.4 cm³/mol. The number of piperidine rings is 1. The maximum Gasteiger partial charge on any atom is 0.191 e. The van der Waals surface area contributed by atoms with E-state index < -0.39 is 0 Å². The molecule has 0 aromatic heterocycles. The van der Waals surface area contributed by atoms with E-state index in [1.54, 1.807) is 0 Å². The van der Waals surface area contributed by atoms with Gasteiger partial charge in [0.1, 0.15) is 0 Å². The van der Waals surface area contributed by atoms with Crippen LogP contribution in [0.15, 0.2) is 29.3 Å². The van der Waals surface area contributed by atoms with E-state index in [1.807, 2.05) is 0 Å². The van der Waals surface area contributed by atoms with E-state index in [0.29, 0.717) is 6.04 Å². The quantitative estimate of drug-likeness (QED) is 0.897. The van der Waals surface area contributed by atoms with Crippen molar-refractivity contribution in [3.63, 3.8) is 0 Å². The molecule has 1 aromatic rings. The van der Waals surface area contributed by atoms with Crippen molar-refractivity contribution in [3.8, 4) is 0 Å². The molecule has 1 saturated heterocycles. The smallest absolute Gasteiger partial charge is 0.191 e. The van der Waals surface area contributed by atoms with E-state index in [2.05, 4.69) is 65.6 Å². The van der Waals surface area contributed by atoms with E-state index in [0.717, 1.165) is 37.4 Å². The highest BCUT2D eigenvalue weighted by molar-refractivity contribution is 5.81. The van der Waals surface area contributed by atoms with Gasteiger partial charge in [0.15, 0.2) is 5.96 Å². The van der Waals surface area contributed by atoms with Crippen LogP contribution in [0.25, 0.3) is 0 Å². The SMILES string of the molecule is CC1CC(C)CN(Cc2ccc(CNC3=NCC(C)N3)cc2)C1. The molecule has 0 spiro atoms. The molecule has 2 N–H and O–H groups in total. The molecule has 23 heavy (non-hydrogen) atoms. The molecule has 0 bridgehead atoms. The van der Waals surface area contributed by atoms with Crippen LogP contribution in [0.3, 0.4) is 0 Å². The summed E-state index contributed by atoms with van der Waals surface area (Å²) in [4.78, 5) is 7.03. The van der Waals surface area contributed by atoms with Gasteiger partial charge >= 0.3 is 0 Å². The Balaban J connectivity index is 1.49. The minimum atomic E-state index is 0.453. The monoisotopic (exact) mass is 314 g/mol. The minimum Gasteiger partial charge on any atom is -0.352 e. The molecular weight excluding hydrogens is 284 g/mol. The van der Waals surface area contributed by atoms with Gasteiger partial charge in [0, 0.05) is 32.2 Å². The minimum absolute atomic E-state index is 0.453. The van der Waals surface area contributed by atoms with Crippen LogP contribution in [0.2, 0.25) is 0 Å². The summed E-state index contributed by atoms with van der Waals surface area (Å²) in [5, 5.41) is 6.70. The van der Waals surface area contributed by atoms with Gasteiger partial charge in [-0.15, -0.1) is 0 Å². The number of likely N-dealkylation sites (tertiary alicyclic amines) is 1. The molecule has 126 valence electrons. The molecule has 2 aliphatic heterocycles. The van der Waals surface area contributed by atoms with Gasteiger partial charge in [-0.1, -0.05) is 38.1 Å². The fourth-order valence-electron chi connectivity index (χ4n) is 3.79. The van der Waals surface area contributed by atoms with Crippen LogP contribution in [0.5, 0.6) is 0 Å². The second-order valence-corrected chi connectivity index (χ2v) is 7.54. The fourth-order valence-corrected chi connectivity index (χ4v) is 3.79. The van der Waals surface area contributed by atoms with E-state index in [9.17, 15) is 0 Å². The van der Waals surface area contributed by atoms with Crippen molar-refractivity contribution in [1.29, 1.82) is 0 Å². The summed E-state index contributed by atoms with van der Waals surface area (Å²) in [7, 11) is 0. The number of aliphatic imine (C=N–C) groups is 1. The Morgan fingerprint density at radius 2 is 1.74 bits per heavy atom. The third kappa shape index (κ3) is 4.71. The highest BCUT2D eigenvalue weighted by Crippen LogP contribution is 2.22. The van der Waals surface area contributed by atoms with Crippen molar-refractivity contribution in [2.45, 2.75) is 46.3 Å². The number of hydrogen-bond acceptors (Lipinski definition) is 4. The molecule has 0 amide bonds. The number of nitrogens with one attached hydrogen (secondary N) is 2. The normalized spacial score (nSPS) is 28.3. The van der Waals surface area contributed by atoms with E-state index >= 15 is 0 Å². The first-order valence-electron chi connectivity index (χ1n) is 8.93. The number of nitrogens with zero attached hydrogens (tertiary/aromatic N) is 2. The van der Waals surface area contributed by atoms with Crippen molar-refractivity contribution in [2.24, 2.45) is 16.8 Å². The van der Waals surface area contributed by atoms with Crippen LogP contribution in [0.4, 0.5) is 0 Å². The average molecular weight is 314 g/mol. The van der Waals surface area contributed by atoms with Gasteiger partial charge in [-0.3, -0.25) is 9.89 Å². The molecule has 3 rings (SSSR count). The maximum absolute atomic E-state index is 4.43. The van der Waals surface area contributed by atoms with E-state index in [1.165, 1.54) is 30.6 Å². The molecular formula is C19H30N4. The van der Waals surface area contributed by atoms with Crippen LogP contribution >= 0.6 is 0 Å². The predicted octanol–water partition coefficient (Wildman–Crippen LogP) is 2.60. The lowest BCUT2D eigenvalue weighted by atomic mass is 9.91. The van der Waals surface area contributed by atoms with Gasteiger partial charge < -0.3 is 10.6 Å². The zero-order valence-electron chi connectivity index (χ0n) is 14.7. The first-order chi connectivity index (χ1) is 11.1. The summed E-state index contributed by atoms with van der Waals surface area (Å²) in [6.45, 7) is 12.1. The molecule has 3 unspecified atom stereocenters. The zero-order chi connectivity index (χ0) is 16.2. The standard InChI is InChI=1S/C19H30N4/c1-14-8-15(2)12-23(11-14)13-18-6-4-17(5-7-18)10-21-19-20-9-16(3)22-19/h4-7,14-16H,8-13H2,1-3H3,(H2,20,21,22). The largest absolute Gasteiger partial charge is 0.352 e. The molecule has 0 saturated carbocycles. The molecule has 3 atom stereocenters. The lowest BCUT2D eigenvalue weighted by molar-refractivity contribution is 0.134. The van der Waals surface area contributed by atoms with Crippen molar-refractivity contribution < 1.29 is 0 Å².